The smallest absolute Gasteiger partial charge is 0.147 e. The summed E-state index contributed by atoms with van der Waals surface area (Å²) in [5.41, 5.74) is 6.15. The summed E-state index contributed by atoms with van der Waals surface area (Å²) in [5.74, 6) is 1.84. The molecular weight excluding hydrogens is 218 g/mol. The lowest BCUT2D eigenvalue weighted by Gasteiger charge is -2.18. The summed E-state index contributed by atoms with van der Waals surface area (Å²) in [4.78, 5) is 6.22. The summed E-state index contributed by atoms with van der Waals surface area (Å²) in [7, 11) is 1.97. The van der Waals surface area contributed by atoms with Crippen LogP contribution in [0.25, 0.3) is 0 Å². The quantitative estimate of drug-likeness (QED) is 0.862. The fourth-order valence-corrected chi connectivity index (χ4v) is 1.84. The lowest BCUT2D eigenvalue weighted by Crippen LogP contribution is -2.21. The molecule has 78 valence electrons. The van der Waals surface area contributed by atoms with Gasteiger partial charge in [0, 0.05) is 19.3 Å². The zero-order valence-electron chi connectivity index (χ0n) is 8.33. The van der Waals surface area contributed by atoms with Gasteiger partial charge in [-0.2, -0.15) is 11.8 Å². The van der Waals surface area contributed by atoms with E-state index >= 15 is 0 Å². The van der Waals surface area contributed by atoms with E-state index in [0.29, 0.717) is 10.7 Å². The van der Waals surface area contributed by atoms with Crippen molar-refractivity contribution in [2.75, 3.05) is 36.2 Å². The topological polar surface area (TPSA) is 42.2 Å². The van der Waals surface area contributed by atoms with Gasteiger partial charge >= 0.3 is 0 Å². The molecule has 0 amide bonds. The van der Waals surface area contributed by atoms with Gasteiger partial charge in [0.05, 0.1) is 16.9 Å². The number of hydrogen-bond donors (Lipinski definition) is 1. The van der Waals surface area contributed by atoms with Crippen LogP contribution in [0, 0.1) is 0 Å². The highest BCUT2D eigenvalue weighted by Crippen LogP contribution is 2.23. The molecule has 1 heterocycles. The Kier molecular flexibility index (Phi) is 4.35. The second-order valence-electron chi connectivity index (χ2n) is 2.99. The summed E-state index contributed by atoms with van der Waals surface area (Å²) in [6.07, 6.45) is 3.70. The van der Waals surface area contributed by atoms with Crippen LogP contribution in [0.2, 0.25) is 5.02 Å². The molecule has 0 saturated heterocycles. The zero-order chi connectivity index (χ0) is 10.6. The van der Waals surface area contributed by atoms with Crippen molar-refractivity contribution in [1.29, 1.82) is 0 Å². The normalized spacial score (nSPS) is 10.2. The van der Waals surface area contributed by atoms with Crippen molar-refractivity contribution < 1.29 is 0 Å². The molecule has 0 aliphatic carbocycles. The fourth-order valence-electron chi connectivity index (χ4n) is 1.06. The Bertz CT molecular complexity index is 306. The molecule has 0 unspecified atom stereocenters. The molecule has 0 aliphatic rings. The number of aromatic nitrogens is 1. The minimum atomic E-state index is 0.594. The molecule has 0 bridgehead atoms. The maximum absolute atomic E-state index is 6.01. The summed E-state index contributed by atoms with van der Waals surface area (Å²) in [6, 6.07) is 1.72. The zero-order valence-corrected chi connectivity index (χ0v) is 9.90. The number of halogens is 1. The van der Waals surface area contributed by atoms with E-state index in [1.807, 2.05) is 11.9 Å². The van der Waals surface area contributed by atoms with Gasteiger partial charge in [-0.25, -0.2) is 4.98 Å². The molecule has 0 saturated carbocycles. The van der Waals surface area contributed by atoms with Gasteiger partial charge in [0.15, 0.2) is 0 Å². The molecule has 14 heavy (non-hydrogen) atoms. The second kappa shape index (κ2) is 5.32. The molecule has 0 aliphatic heterocycles. The average Bonchev–Trinajstić information content (AvgIpc) is 2.14. The Morgan fingerprint density at radius 3 is 2.93 bits per heavy atom. The van der Waals surface area contributed by atoms with Crippen LogP contribution in [-0.4, -0.2) is 30.6 Å². The molecule has 0 atom stereocenters. The molecule has 1 aromatic rings. The molecule has 5 heteroatoms. The van der Waals surface area contributed by atoms with Crippen LogP contribution in [0.15, 0.2) is 12.3 Å². The van der Waals surface area contributed by atoms with Gasteiger partial charge in [-0.1, -0.05) is 11.6 Å². The lowest BCUT2D eigenvalue weighted by atomic mass is 10.4. The predicted octanol–water partition coefficient (Wildman–Crippen LogP) is 2.12. The average molecular weight is 232 g/mol. The first-order valence-corrected chi connectivity index (χ1v) is 6.03. The molecule has 0 aromatic carbocycles. The van der Waals surface area contributed by atoms with Gasteiger partial charge in [-0.3, -0.25) is 0 Å². The van der Waals surface area contributed by atoms with Crippen LogP contribution >= 0.6 is 23.4 Å². The fraction of sp³-hybridized carbons (Fsp3) is 0.444. The minimum Gasteiger partial charge on any atom is -0.397 e. The van der Waals surface area contributed by atoms with E-state index in [-0.39, 0.29) is 0 Å². The maximum Gasteiger partial charge on any atom is 0.147 e. The Hall–Kier alpha value is -0.610. The van der Waals surface area contributed by atoms with Gasteiger partial charge in [0.1, 0.15) is 5.82 Å². The number of pyridine rings is 1. The first kappa shape index (κ1) is 11.5. The van der Waals surface area contributed by atoms with Gasteiger partial charge in [-0.15, -0.1) is 0 Å². The summed E-state index contributed by atoms with van der Waals surface area (Å²) < 4.78 is 0. The molecule has 2 N–H and O–H groups in total. The largest absolute Gasteiger partial charge is 0.397 e. The summed E-state index contributed by atoms with van der Waals surface area (Å²) in [6.45, 7) is 0.928. The van der Waals surface area contributed by atoms with E-state index in [4.69, 9.17) is 17.3 Å². The van der Waals surface area contributed by atoms with E-state index in [2.05, 4.69) is 11.2 Å². The summed E-state index contributed by atoms with van der Waals surface area (Å²) in [5, 5.41) is 0.605. The van der Waals surface area contributed by atoms with Gasteiger partial charge in [0.2, 0.25) is 0 Å². The van der Waals surface area contributed by atoms with Crippen molar-refractivity contribution in [1.82, 2.24) is 4.98 Å². The van der Waals surface area contributed by atoms with Crippen LogP contribution in [0.4, 0.5) is 11.5 Å². The number of hydrogen-bond acceptors (Lipinski definition) is 4. The minimum absolute atomic E-state index is 0.594. The number of thioether (sulfide) groups is 1. The molecule has 0 radical (unpaired) electrons. The molecular formula is C9H14ClN3S. The Morgan fingerprint density at radius 1 is 1.64 bits per heavy atom. The van der Waals surface area contributed by atoms with Crippen molar-refractivity contribution in [2.45, 2.75) is 0 Å². The van der Waals surface area contributed by atoms with Crippen LogP contribution in [0.5, 0.6) is 0 Å². The first-order valence-electron chi connectivity index (χ1n) is 4.26. The highest BCUT2D eigenvalue weighted by molar-refractivity contribution is 7.98. The third-order valence-corrected chi connectivity index (χ3v) is 2.70. The van der Waals surface area contributed by atoms with Crippen LogP contribution in [0.3, 0.4) is 0 Å². The standard InChI is InChI=1S/C9H14ClN3S/c1-13(3-4-14-2)9-8(10)5-7(11)6-12-9/h5-6H,3-4,11H2,1-2H3. The monoisotopic (exact) mass is 231 g/mol. The van der Waals surface area contributed by atoms with Crippen molar-refractivity contribution in [2.24, 2.45) is 0 Å². The van der Waals surface area contributed by atoms with Crippen molar-refractivity contribution >= 4 is 34.9 Å². The van der Waals surface area contributed by atoms with Crippen LogP contribution in [0.1, 0.15) is 0 Å². The first-order chi connectivity index (χ1) is 6.65. The highest BCUT2D eigenvalue weighted by Gasteiger charge is 2.06. The van der Waals surface area contributed by atoms with Gasteiger partial charge in [0.25, 0.3) is 0 Å². The number of nitrogen functional groups attached to an aromatic ring is 1. The highest BCUT2D eigenvalue weighted by atomic mass is 35.5. The maximum atomic E-state index is 6.01. The van der Waals surface area contributed by atoms with Gasteiger partial charge < -0.3 is 10.6 Å². The third-order valence-electron chi connectivity index (χ3n) is 1.84. The number of nitrogens with two attached hydrogens (primary N) is 1. The SMILES string of the molecule is CSCCN(C)c1ncc(N)cc1Cl. The van der Waals surface area contributed by atoms with Crippen LogP contribution in [-0.2, 0) is 0 Å². The number of nitrogens with zero attached hydrogens (tertiary/aromatic N) is 2. The molecule has 0 spiro atoms. The third kappa shape index (κ3) is 2.96. The number of rotatable bonds is 4. The van der Waals surface area contributed by atoms with E-state index in [1.54, 1.807) is 24.0 Å². The van der Waals surface area contributed by atoms with Crippen LogP contribution < -0.4 is 10.6 Å². The summed E-state index contributed by atoms with van der Waals surface area (Å²) >= 11 is 7.81. The van der Waals surface area contributed by atoms with Crippen molar-refractivity contribution in [3.63, 3.8) is 0 Å². The Morgan fingerprint density at radius 2 is 2.36 bits per heavy atom. The van der Waals surface area contributed by atoms with E-state index in [9.17, 15) is 0 Å². The lowest BCUT2D eigenvalue weighted by molar-refractivity contribution is 0.948. The number of anilines is 2. The molecule has 1 rings (SSSR count). The van der Waals surface area contributed by atoms with E-state index < -0.39 is 0 Å². The molecule has 0 fully saturated rings. The van der Waals surface area contributed by atoms with Crippen molar-refractivity contribution in [3.05, 3.63) is 17.3 Å². The predicted molar refractivity (Wildman–Crippen MR) is 65.3 cm³/mol. The van der Waals surface area contributed by atoms with E-state index in [0.717, 1.165) is 18.1 Å². The molecule has 3 nitrogen and oxygen atoms in total. The Balaban J connectivity index is 2.74. The Labute approximate surface area is 93.6 Å². The van der Waals surface area contributed by atoms with E-state index in [1.165, 1.54) is 0 Å². The van der Waals surface area contributed by atoms with Crippen molar-refractivity contribution in [3.8, 4) is 0 Å². The second-order valence-corrected chi connectivity index (χ2v) is 4.38. The van der Waals surface area contributed by atoms with Gasteiger partial charge in [-0.05, 0) is 12.3 Å². The molecule has 1 aromatic heterocycles.